The fraction of sp³-hybridized carbons (Fsp3) is 0.588. The minimum atomic E-state index is -1.13. The van der Waals surface area contributed by atoms with Gasteiger partial charge in [0.1, 0.15) is 5.60 Å². The van der Waals surface area contributed by atoms with E-state index in [4.69, 9.17) is 0 Å². The lowest BCUT2D eigenvalue weighted by Gasteiger charge is -2.28. The van der Waals surface area contributed by atoms with E-state index in [1.165, 1.54) is 0 Å². The van der Waals surface area contributed by atoms with Gasteiger partial charge in [0, 0.05) is 18.4 Å². The Morgan fingerprint density at radius 3 is 2.52 bits per heavy atom. The molecule has 1 aliphatic carbocycles. The number of hydrogen-bond donors (Lipinski definition) is 2. The summed E-state index contributed by atoms with van der Waals surface area (Å²) in [7, 11) is 0. The second kappa shape index (κ2) is 5.78. The molecule has 21 heavy (non-hydrogen) atoms. The van der Waals surface area contributed by atoms with Crippen LogP contribution < -0.4 is 0 Å². The third-order valence-corrected chi connectivity index (χ3v) is 5.06. The molecule has 2 aliphatic rings. The highest BCUT2D eigenvalue weighted by molar-refractivity contribution is 5.79. The molecule has 1 aromatic carbocycles. The van der Waals surface area contributed by atoms with E-state index in [1.54, 1.807) is 4.90 Å². The summed E-state index contributed by atoms with van der Waals surface area (Å²) in [6.45, 7) is 0.620. The summed E-state index contributed by atoms with van der Waals surface area (Å²) < 4.78 is 0. The van der Waals surface area contributed by atoms with Crippen LogP contribution in [0.15, 0.2) is 30.3 Å². The van der Waals surface area contributed by atoms with Crippen LogP contribution in [0.3, 0.4) is 0 Å². The number of nitrogens with zero attached hydrogens (tertiary/aromatic N) is 1. The Balaban J connectivity index is 1.81. The van der Waals surface area contributed by atoms with Crippen molar-refractivity contribution in [1.29, 1.82) is 0 Å². The molecule has 0 aromatic heterocycles. The predicted octanol–water partition coefficient (Wildman–Crippen LogP) is 1.52. The first-order chi connectivity index (χ1) is 10.1. The number of rotatable bonds is 3. The average molecular weight is 289 g/mol. The third kappa shape index (κ3) is 2.58. The van der Waals surface area contributed by atoms with Gasteiger partial charge in [0.25, 0.3) is 0 Å². The Morgan fingerprint density at radius 2 is 1.90 bits per heavy atom. The Hall–Kier alpha value is -1.39. The fourth-order valence-corrected chi connectivity index (χ4v) is 3.76. The van der Waals surface area contributed by atoms with Crippen molar-refractivity contribution in [3.8, 4) is 0 Å². The number of carbonyl (C=O) groups excluding carboxylic acids is 1. The quantitative estimate of drug-likeness (QED) is 0.887. The van der Waals surface area contributed by atoms with Gasteiger partial charge >= 0.3 is 0 Å². The molecule has 3 rings (SSSR count). The fourth-order valence-electron chi connectivity index (χ4n) is 3.76. The molecule has 0 bridgehead atoms. The highest BCUT2D eigenvalue weighted by Gasteiger charge is 2.48. The number of benzene rings is 1. The Kier molecular flexibility index (Phi) is 4.00. The first-order valence-electron chi connectivity index (χ1n) is 7.82. The van der Waals surface area contributed by atoms with Gasteiger partial charge in [-0.2, -0.15) is 0 Å². The summed E-state index contributed by atoms with van der Waals surface area (Å²) in [5.74, 6) is -0.0504. The van der Waals surface area contributed by atoms with E-state index in [0.717, 1.165) is 31.2 Å². The summed E-state index contributed by atoms with van der Waals surface area (Å²) >= 11 is 0. The maximum absolute atomic E-state index is 12.6. The van der Waals surface area contributed by atoms with Gasteiger partial charge in [0.15, 0.2) is 0 Å². The average Bonchev–Trinajstić information content (AvgIpc) is 3.15. The minimum Gasteiger partial charge on any atom is -0.396 e. The van der Waals surface area contributed by atoms with Gasteiger partial charge in [-0.05, 0) is 18.4 Å². The largest absolute Gasteiger partial charge is 0.396 e. The first kappa shape index (κ1) is 14.5. The minimum absolute atomic E-state index is 0.111. The van der Waals surface area contributed by atoms with Crippen LogP contribution in [0.2, 0.25) is 0 Å². The molecule has 2 N–H and O–H groups in total. The zero-order chi connectivity index (χ0) is 14.9. The lowest BCUT2D eigenvalue weighted by atomic mass is 9.84. The maximum Gasteiger partial charge on any atom is 0.225 e. The van der Waals surface area contributed by atoms with E-state index in [9.17, 15) is 15.0 Å². The molecular weight excluding hydrogens is 266 g/mol. The summed E-state index contributed by atoms with van der Waals surface area (Å²) in [4.78, 5) is 14.3. The molecule has 0 radical (unpaired) electrons. The molecular formula is C17H23NO3. The van der Waals surface area contributed by atoms with Crippen LogP contribution in [0.1, 0.15) is 31.2 Å². The van der Waals surface area contributed by atoms with Crippen molar-refractivity contribution in [3.63, 3.8) is 0 Å². The topological polar surface area (TPSA) is 60.8 Å². The summed E-state index contributed by atoms with van der Waals surface area (Å²) in [5.41, 5.74) is -0.352. The summed E-state index contributed by atoms with van der Waals surface area (Å²) in [6.07, 6.45) is 4.17. The summed E-state index contributed by atoms with van der Waals surface area (Å²) in [6, 6.07) is 9.39. The van der Waals surface area contributed by atoms with Gasteiger partial charge in [-0.15, -0.1) is 0 Å². The van der Waals surface area contributed by atoms with E-state index in [-0.39, 0.29) is 30.9 Å². The maximum atomic E-state index is 12.6. The van der Waals surface area contributed by atoms with Gasteiger partial charge in [0.2, 0.25) is 5.91 Å². The smallest absolute Gasteiger partial charge is 0.225 e. The molecule has 1 aliphatic heterocycles. The van der Waals surface area contributed by atoms with Gasteiger partial charge < -0.3 is 15.1 Å². The number of aliphatic hydroxyl groups is 2. The molecule has 4 nitrogen and oxygen atoms in total. The second-order valence-electron chi connectivity index (χ2n) is 6.37. The predicted molar refractivity (Wildman–Crippen MR) is 79.5 cm³/mol. The number of β-amino-alcohol motifs (C(OH)–C–C–N with tert-alkyl or cyclic N) is 1. The van der Waals surface area contributed by atoms with Crippen LogP contribution in [0.4, 0.5) is 0 Å². The van der Waals surface area contributed by atoms with Gasteiger partial charge in [-0.3, -0.25) is 4.79 Å². The Morgan fingerprint density at radius 1 is 1.24 bits per heavy atom. The lowest BCUT2D eigenvalue weighted by Crippen LogP contribution is -2.38. The number of amides is 1. The van der Waals surface area contributed by atoms with Gasteiger partial charge in [-0.1, -0.05) is 43.2 Å². The molecule has 2 atom stereocenters. The van der Waals surface area contributed by atoms with Gasteiger partial charge in [0.05, 0.1) is 13.2 Å². The van der Waals surface area contributed by atoms with E-state index < -0.39 is 5.60 Å². The first-order valence-corrected chi connectivity index (χ1v) is 7.82. The zero-order valence-corrected chi connectivity index (χ0v) is 12.2. The van der Waals surface area contributed by atoms with Crippen molar-refractivity contribution >= 4 is 5.91 Å². The van der Waals surface area contributed by atoms with Crippen molar-refractivity contribution < 1.29 is 15.0 Å². The van der Waals surface area contributed by atoms with Crippen LogP contribution in [0.25, 0.3) is 0 Å². The van der Waals surface area contributed by atoms with Crippen LogP contribution in [0.5, 0.6) is 0 Å². The Bertz CT molecular complexity index is 498. The number of aliphatic hydroxyl groups excluding tert-OH is 1. The van der Waals surface area contributed by atoms with Gasteiger partial charge in [-0.25, -0.2) is 0 Å². The zero-order valence-electron chi connectivity index (χ0n) is 12.2. The Labute approximate surface area is 125 Å². The number of carbonyl (C=O) groups is 1. The third-order valence-electron chi connectivity index (χ3n) is 5.06. The molecule has 1 saturated carbocycles. The van der Waals surface area contributed by atoms with Crippen LogP contribution in [-0.4, -0.2) is 40.7 Å². The molecule has 4 heteroatoms. The molecule has 1 aromatic rings. The van der Waals surface area contributed by atoms with E-state index in [2.05, 4.69) is 0 Å². The molecule has 1 saturated heterocycles. The standard InChI is InChI=1S/C17H23NO3/c19-11-15-10-18(16(20)13-6-4-5-7-13)12-17(15,21)14-8-2-1-3-9-14/h1-3,8-9,13,15,19,21H,4-7,10-12H2/t15-,17+/m1/s1. The summed E-state index contributed by atoms with van der Waals surface area (Å²) in [5, 5.41) is 20.7. The SMILES string of the molecule is O=C(C1CCCC1)N1C[C@H](CO)[C@@](O)(c2ccccc2)C1. The van der Waals surface area contributed by atoms with Crippen molar-refractivity contribution in [2.24, 2.45) is 11.8 Å². The van der Waals surface area contributed by atoms with E-state index in [0.29, 0.717) is 6.54 Å². The monoisotopic (exact) mass is 289 g/mol. The van der Waals surface area contributed by atoms with E-state index >= 15 is 0 Å². The second-order valence-corrected chi connectivity index (χ2v) is 6.37. The molecule has 0 unspecified atom stereocenters. The molecule has 2 fully saturated rings. The highest BCUT2D eigenvalue weighted by Crippen LogP contribution is 2.38. The molecule has 0 spiro atoms. The number of hydrogen-bond acceptors (Lipinski definition) is 3. The molecule has 1 amide bonds. The molecule has 114 valence electrons. The van der Waals surface area contributed by atoms with Crippen molar-refractivity contribution in [3.05, 3.63) is 35.9 Å². The van der Waals surface area contributed by atoms with Crippen molar-refractivity contribution in [2.45, 2.75) is 31.3 Å². The highest BCUT2D eigenvalue weighted by atomic mass is 16.3. The number of likely N-dealkylation sites (tertiary alicyclic amines) is 1. The molecule has 1 heterocycles. The van der Waals surface area contributed by atoms with Crippen LogP contribution >= 0.6 is 0 Å². The normalized spacial score (nSPS) is 30.0. The lowest BCUT2D eigenvalue weighted by molar-refractivity contribution is -0.135. The van der Waals surface area contributed by atoms with Crippen molar-refractivity contribution in [2.75, 3.05) is 19.7 Å². The van der Waals surface area contributed by atoms with Crippen LogP contribution in [0, 0.1) is 11.8 Å². The van der Waals surface area contributed by atoms with Crippen molar-refractivity contribution in [1.82, 2.24) is 4.90 Å². The van der Waals surface area contributed by atoms with Crippen LogP contribution in [-0.2, 0) is 10.4 Å². The van der Waals surface area contributed by atoms with E-state index in [1.807, 2.05) is 30.3 Å².